The van der Waals surface area contributed by atoms with Crippen molar-refractivity contribution in [2.45, 2.75) is 64.5 Å². The molecule has 0 aromatic heterocycles. The third-order valence-electron chi connectivity index (χ3n) is 10.6. The van der Waals surface area contributed by atoms with Crippen LogP contribution in [0, 0.1) is 40.4 Å². The second-order valence-electron chi connectivity index (χ2n) is 11.3. The molecular formula is C25H35NO5. The Morgan fingerprint density at radius 3 is 2.71 bits per heavy atom. The lowest BCUT2D eigenvalue weighted by atomic mass is 9.42. The van der Waals surface area contributed by atoms with Gasteiger partial charge >= 0.3 is 11.9 Å². The van der Waals surface area contributed by atoms with Crippen LogP contribution in [-0.2, 0) is 19.1 Å². The maximum Gasteiger partial charge on any atom is 0.309 e. The maximum absolute atomic E-state index is 13.0. The summed E-state index contributed by atoms with van der Waals surface area (Å²) >= 11 is 0. The molecule has 6 aliphatic rings. The number of nitrogens with zero attached hydrogens (tertiary/aromatic N) is 1. The van der Waals surface area contributed by atoms with E-state index in [-0.39, 0.29) is 35.1 Å². The van der Waals surface area contributed by atoms with Crippen LogP contribution in [0.1, 0.15) is 58.8 Å². The van der Waals surface area contributed by atoms with Crippen LogP contribution in [0.2, 0.25) is 0 Å². The Bertz CT molecular complexity index is 883. The number of piperidine rings is 1. The monoisotopic (exact) mass is 429 g/mol. The van der Waals surface area contributed by atoms with Crippen molar-refractivity contribution in [3.8, 4) is 0 Å². The van der Waals surface area contributed by atoms with Crippen molar-refractivity contribution in [3.63, 3.8) is 0 Å². The van der Waals surface area contributed by atoms with E-state index in [1.165, 1.54) is 25.2 Å². The fourth-order valence-electron chi connectivity index (χ4n) is 9.73. The highest BCUT2D eigenvalue weighted by Crippen LogP contribution is 2.79. The van der Waals surface area contributed by atoms with E-state index in [1.807, 2.05) is 0 Å². The van der Waals surface area contributed by atoms with E-state index in [1.54, 1.807) is 0 Å². The first-order chi connectivity index (χ1) is 14.8. The zero-order valence-electron chi connectivity index (χ0n) is 19.0. The molecule has 2 saturated carbocycles. The van der Waals surface area contributed by atoms with Crippen LogP contribution in [0.3, 0.4) is 0 Å². The lowest BCUT2D eigenvalue weighted by Crippen LogP contribution is -2.76. The predicted octanol–water partition coefficient (Wildman–Crippen LogP) is 2.90. The number of carbonyl (C=O) groups excluding carboxylic acids is 2. The number of carbonyl (C=O) groups is 2. The molecule has 2 aliphatic heterocycles. The highest BCUT2D eigenvalue weighted by atomic mass is 16.5. The SMILES string of the molecule is COC(=O)C1CC23C4=C(CCC41)CCC1CN4CC(C)C(CCC12COC(C)=O)C43O. The third kappa shape index (κ3) is 2.12. The normalized spacial score (nSPS) is 49.6. The molecule has 2 heterocycles. The Balaban J connectivity index is 1.62. The van der Waals surface area contributed by atoms with Gasteiger partial charge in [-0.2, -0.15) is 0 Å². The standard InChI is InChI=1S/C25H35NO5/c1-14-11-26-12-17-6-4-16-5-7-18-19(22(28)30-3)10-24(21(16)18)23(17,13-31-15(2)27)9-8-20(14)25(24,26)29/h14,17-20,29H,4-13H2,1-3H3. The molecule has 0 aromatic carbocycles. The number of rotatable bonds is 3. The number of methoxy groups -OCH3 is 1. The van der Waals surface area contributed by atoms with Crippen molar-refractivity contribution in [1.82, 2.24) is 4.90 Å². The van der Waals surface area contributed by atoms with Crippen LogP contribution >= 0.6 is 0 Å². The zero-order chi connectivity index (χ0) is 21.8. The fraction of sp³-hybridized carbons (Fsp3) is 0.840. The van der Waals surface area contributed by atoms with Gasteiger partial charge in [0.25, 0.3) is 0 Å². The predicted molar refractivity (Wildman–Crippen MR) is 113 cm³/mol. The van der Waals surface area contributed by atoms with Gasteiger partial charge in [-0.25, -0.2) is 0 Å². The lowest BCUT2D eigenvalue weighted by Gasteiger charge is -2.69. The van der Waals surface area contributed by atoms with Crippen molar-refractivity contribution in [1.29, 1.82) is 0 Å². The van der Waals surface area contributed by atoms with E-state index in [0.717, 1.165) is 51.6 Å². The molecule has 4 bridgehead atoms. The van der Waals surface area contributed by atoms with Crippen molar-refractivity contribution >= 4 is 11.9 Å². The Hall–Kier alpha value is -1.40. The Morgan fingerprint density at radius 1 is 1.19 bits per heavy atom. The van der Waals surface area contributed by atoms with Crippen LogP contribution in [-0.4, -0.2) is 54.5 Å². The van der Waals surface area contributed by atoms with Gasteiger partial charge < -0.3 is 14.6 Å². The van der Waals surface area contributed by atoms with Crippen molar-refractivity contribution in [3.05, 3.63) is 11.1 Å². The summed E-state index contributed by atoms with van der Waals surface area (Å²) in [7, 11) is 1.49. The average Bonchev–Trinajstić information content (AvgIpc) is 3.36. The summed E-state index contributed by atoms with van der Waals surface area (Å²) in [6.45, 7) is 5.91. The average molecular weight is 430 g/mol. The Morgan fingerprint density at radius 2 is 1.97 bits per heavy atom. The smallest absolute Gasteiger partial charge is 0.309 e. The number of esters is 2. The molecule has 1 N–H and O–H groups in total. The van der Waals surface area contributed by atoms with Crippen molar-refractivity contribution in [2.75, 3.05) is 26.8 Å². The molecule has 8 unspecified atom stereocenters. The second-order valence-corrected chi connectivity index (χ2v) is 11.3. The van der Waals surface area contributed by atoms with Gasteiger partial charge in [0.1, 0.15) is 5.72 Å². The Labute approximate surface area is 184 Å². The zero-order valence-corrected chi connectivity index (χ0v) is 19.0. The first kappa shape index (κ1) is 20.2. The van der Waals surface area contributed by atoms with Crippen molar-refractivity contribution < 1.29 is 24.2 Å². The molecule has 0 aromatic rings. The first-order valence-electron chi connectivity index (χ1n) is 12.2. The molecule has 0 radical (unpaired) electrons. The van der Waals surface area contributed by atoms with Crippen LogP contribution in [0.25, 0.3) is 0 Å². The van der Waals surface area contributed by atoms with Crippen molar-refractivity contribution in [2.24, 2.45) is 40.4 Å². The fourth-order valence-corrected chi connectivity index (χ4v) is 9.73. The number of hydrogen-bond acceptors (Lipinski definition) is 6. The van der Waals surface area contributed by atoms with Crippen LogP contribution in [0.15, 0.2) is 11.1 Å². The van der Waals surface area contributed by atoms with E-state index < -0.39 is 11.1 Å². The van der Waals surface area contributed by atoms with Crippen LogP contribution in [0.5, 0.6) is 0 Å². The van der Waals surface area contributed by atoms with E-state index in [9.17, 15) is 14.7 Å². The number of allylic oxidation sites excluding steroid dienone is 1. The highest BCUT2D eigenvalue weighted by molar-refractivity contribution is 5.75. The molecule has 6 nitrogen and oxygen atoms in total. The summed E-state index contributed by atoms with van der Waals surface area (Å²) in [6, 6.07) is 0. The molecule has 6 rings (SSSR count). The van der Waals surface area contributed by atoms with E-state index in [2.05, 4.69) is 11.8 Å². The first-order valence-corrected chi connectivity index (χ1v) is 12.2. The summed E-state index contributed by atoms with van der Waals surface area (Å²) in [6.07, 6.45) is 6.72. The molecule has 0 amide bonds. The largest absolute Gasteiger partial charge is 0.469 e. The van der Waals surface area contributed by atoms with Gasteiger partial charge in [-0.1, -0.05) is 18.1 Å². The van der Waals surface area contributed by atoms with Crippen LogP contribution < -0.4 is 0 Å². The molecule has 6 heteroatoms. The van der Waals surface area contributed by atoms with Gasteiger partial charge in [-0.15, -0.1) is 0 Å². The summed E-state index contributed by atoms with van der Waals surface area (Å²) in [4.78, 5) is 27.4. The highest BCUT2D eigenvalue weighted by Gasteiger charge is 2.81. The minimum atomic E-state index is -0.961. The number of hydrogen-bond donors (Lipinski definition) is 1. The minimum absolute atomic E-state index is 0.136. The number of aliphatic hydroxyl groups is 1. The van der Waals surface area contributed by atoms with Gasteiger partial charge in [-0.05, 0) is 62.7 Å². The van der Waals surface area contributed by atoms with Gasteiger partial charge in [0, 0.05) is 36.8 Å². The number of ether oxygens (including phenoxy) is 2. The summed E-state index contributed by atoms with van der Waals surface area (Å²) in [5.41, 5.74) is 1.09. The summed E-state index contributed by atoms with van der Waals surface area (Å²) in [5.74, 6) is 0.557. The Kier molecular flexibility index (Phi) is 4.14. The van der Waals surface area contributed by atoms with E-state index in [4.69, 9.17) is 9.47 Å². The van der Waals surface area contributed by atoms with Gasteiger partial charge in [0.2, 0.25) is 0 Å². The maximum atomic E-state index is 13.0. The van der Waals surface area contributed by atoms with E-state index in [0.29, 0.717) is 24.9 Å². The minimum Gasteiger partial charge on any atom is -0.469 e. The van der Waals surface area contributed by atoms with Gasteiger partial charge in [0.05, 0.1) is 19.6 Å². The lowest BCUT2D eigenvalue weighted by molar-refractivity contribution is -0.306. The second kappa shape index (κ2) is 6.34. The summed E-state index contributed by atoms with van der Waals surface area (Å²) in [5, 5.41) is 12.8. The topological polar surface area (TPSA) is 76.1 Å². The summed E-state index contributed by atoms with van der Waals surface area (Å²) < 4.78 is 11.1. The molecule has 4 aliphatic carbocycles. The molecule has 31 heavy (non-hydrogen) atoms. The molecule has 4 fully saturated rings. The molecule has 8 atom stereocenters. The van der Waals surface area contributed by atoms with E-state index >= 15 is 0 Å². The molecule has 1 spiro atoms. The molecule has 170 valence electrons. The van der Waals surface area contributed by atoms with Gasteiger partial charge in [-0.3, -0.25) is 14.5 Å². The molecular weight excluding hydrogens is 394 g/mol. The third-order valence-corrected chi connectivity index (χ3v) is 10.6. The van der Waals surface area contributed by atoms with Gasteiger partial charge in [0.15, 0.2) is 0 Å². The molecule has 2 saturated heterocycles. The van der Waals surface area contributed by atoms with Crippen LogP contribution in [0.4, 0.5) is 0 Å². The quantitative estimate of drug-likeness (QED) is 0.549.